The summed E-state index contributed by atoms with van der Waals surface area (Å²) in [6, 6.07) is 11.1. The molecule has 2 atom stereocenters. The van der Waals surface area contributed by atoms with E-state index in [0.717, 1.165) is 17.7 Å². The molecule has 7 heteroatoms. The number of carbonyl (C=O) groups excluding carboxylic acids is 2. The van der Waals surface area contributed by atoms with E-state index in [4.69, 9.17) is 21.1 Å². The molecule has 2 amide bonds. The van der Waals surface area contributed by atoms with Gasteiger partial charge < -0.3 is 19.7 Å². The van der Waals surface area contributed by atoms with Gasteiger partial charge in [0.05, 0.1) is 30.8 Å². The molecule has 1 heterocycles. The number of carbonyl (C=O) groups is 2. The van der Waals surface area contributed by atoms with Gasteiger partial charge in [0, 0.05) is 24.7 Å². The third kappa shape index (κ3) is 4.38. The zero-order valence-corrected chi connectivity index (χ0v) is 18.5. The molecule has 0 radical (unpaired) electrons. The summed E-state index contributed by atoms with van der Waals surface area (Å²) in [6.45, 7) is 4.60. The Kier molecular flexibility index (Phi) is 6.87. The molecular formula is C23H27ClN2O4. The number of para-hydroxylation sites is 1. The van der Waals surface area contributed by atoms with E-state index in [1.54, 1.807) is 17.0 Å². The number of nitrogens with zero attached hydrogens (tertiary/aromatic N) is 1. The van der Waals surface area contributed by atoms with Gasteiger partial charge in [-0.3, -0.25) is 9.59 Å². The minimum Gasteiger partial charge on any atom is -0.495 e. The first-order chi connectivity index (χ1) is 14.4. The number of benzene rings is 2. The van der Waals surface area contributed by atoms with Crippen LogP contribution in [0.1, 0.15) is 38.2 Å². The van der Waals surface area contributed by atoms with Gasteiger partial charge in [0.15, 0.2) is 0 Å². The number of ether oxygens (including phenoxy) is 2. The summed E-state index contributed by atoms with van der Waals surface area (Å²) in [5.41, 5.74) is 2.45. The van der Waals surface area contributed by atoms with Crippen molar-refractivity contribution >= 4 is 34.8 Å². The van der Waals surface area contributed by atoms with Gasteiger partial charge in [-0.15, -0.1) is 0 Å². The van der Waals surface area contributed by atoms with Crippen molar-refractivity contribution < 1.29 is 19.1 Å². The molecule has 2 unspecified atom stereocenters. The maximum Gasteiger partial charge on any atom is 0.229 e. The highest BCUT2D eigenvalue weighted by atomic mass is 35.5. The molecule has 0 aromatic heterocycles. The lowest BCUT2D eigenvalue weighted by molar-refractivity contribution is -0.122. The first kappa shape index (κ1) is 22.0. The number of nitrogens with one attached hydrogen (secondary N) is 1. The van der Waals surface area contributed by atoms with Gasteiger partial charge in [0.25, 0.3) is 0 Å². The second kappa shape index (κ2) is 9.39. The van der Waals surface area contributed by atoms with Crippen LogP contribution in [0.5, 0.6) is 11.5 Å². The zero-order chi connectivity index (χ0) is 21.8. The Morgan fingerprint density at radius 2 is 1.93 bits per heavy atom. The Morgan fingerprint density at radius 1 is 1.23 bits per heavy atom. The predicted molar refractivity (Wildman–Crippen MR) is 119 cm³/mol. The van der Waals surface area contributed by atoms with Crippen LogP contribution in [0, 0.1) is 5.92 Å². The molecule has 1 N–H and O–H groups in total. The van der Waals surface area contributed by atoms with Gasteiger partial charge in [-0.25, -0.2) is 0 Å². The number of amides is 2. The molecule has 1 aliphatic rings. The van der Waals surface area contributed by atoms with E-state index in [2.05, 4.69) is 19.2 Å². The molecule has 0 aliphatic carbocycles. The molecule has 2 aromatic carbocycles. The fourth-order valence-corrected chi connectivity index (χ4v) is 3.92. The van der Waals surface area contributed by atoms with Crippen molar-refractivity contribution in [3.05, 3.63) is 47.0 Å². The predicted octanol–water partition coefficient (Wildman–Crippen LogP) is 4.86. The quantitative estimate of drug-likeness (QED) is 0.680. The topological polar surface area (TPSA) is 67.9 Å². The molecule has 160 valence electrons. The third-order valence-electron chi connectivity index (χ3n) is 5.60. The van der Waals surface area contributed by atoms with Crippen molar-refractivity contribution in [2.45, 2.75) is 32.6 Å². The minimum absolute atomic E-state index is 0.0503. The van der Waals surface area contributed by atoms with Crippen LogP contribution in [0.4, 0.5) is 11.4 Å². The summed E-state index contributed by atoms with van der Waals surface area (Å²) in [5, 5.41) is 3.22. The molecule has 30 heavy (non-hydrogen) atoms. The average Bonchev–Trinajstić information content (AvgIpc) is 3.15. The molecule has 0 spiro atoms. The van der Waals surface area contributed by atoms with Crippen LogP contribution < -0.4 is 19.7 Å². The standard InChI is InChI=1S/C23H27ClN2O4/c1-5-14(2)16-8-6-7-9-19(16)26-13-15(10-22(26)27)23(28)25-18-11-17(24)20(29-3)12-21(18)30-4/h6-9,11-12,14-15H,5,10,13H2,1-4H3,(H,25,28). The number of hydrogen-bond acceptors (Lipinski definition) is 4. The molecule has 0 saturated carbocycles. The molecule has 2 aromatic rings. The molecule has 0 bridgehead atoms. The van der Waals surface area contributed by atoms with E-state index in [-0.39, 0.29) is 18.2 Å². The summed E-state index contributed by atoms with van der Waals surface area (Å²) in [7, 11) is 3.01. The van der Waals surface area contributed by atoms with Crippen LogP contribution in [-0.4, -0.2) is 32.6 Å². The number of hydrogen-bond donors (Lipinski definition) is 1. The van der Waals surface area contributed by atoms with E-state index >= 15 is 0 Å². The molecule has 3 rings (SSSR count). The van der Waals surface area contributed by atoms with Crippen LogP contribution in [0.25, 0.3) is 0 Å². The molecule has 6 nitrogen and oxygen atoms in total. The van der Waals surface area contributed by atoms with E-state index in [0.29, 0.717) is 34.7 Å². The molecule has 1 fully saturated rings. The lowest BCUT2D eigenvalue weighted by atomic mass is 9.96. The van der Waals surface area contributed by atoms with Gasteiger partial charge in [-0.05, 0) is 30.0 Å². The van der Waals surface area contributed by atoms with Crippen molar-refractivity contribution in [3.63, 3.8) is 0 Å². The van der Waals surface area contributed by atoms with Gasteiger partial charge in [-0.1, -0.05) is 43.6 Å². The highest BCUT2D eigenvalue weighted by Gasteiger charge is 2.36. The number of halogens is 1. The normalized spacial score (nSPS) is 17.0. The van der Waals surface area contributed by atoms with E-state index in [1.165, 1.54) is 14.2 Å². The van der Waals surface area contributed by atoms with E-state index in [9.17, 15) is 9.59 Å². The molecule has 1 aliphatic heterocycles. The summed E-state index contributed by atoms with van der Waals surface area (Å²) < 4.78 is 10.5. The van der Waals surface area contributed by atoms with Gasteiger partial charge in [0.2, 0.25) is 11.8 Å². The molecular weight excluding hydrogens is 404 g/mol. The fourth-order valence-electron chi connectivity index (χ4n) is 3.68. The van der Waals surface area contributed by atoms with Crippen molar-refractivity contribution in [1.29, 1.82) is 0 Å². The Bertz CT molecular complexity index is 947. The average molecular weight is 431 g/mol. The van der Waals surface area contributed by atoms with Crippen LogP contribution in [0.3, 0.4) is 0 Å². The maximum absolute atomic E-state index is 12.9. The zero-order valence-electron chi connectivity index (χ0n) is 17.7. The summed E-state index contributed by atoms with van der Waals surface area (Å²) in [4.78, 5) is 27.4. The fraction of sp³-hybridized carbons (Fsp3) is 0.391. The smallest absolute Gasteiger partial charge is 0.229 e. The lowest BCUT2D eigenvalue weighted by Gasteiger charge is -2.23. The third-order valence-corrected chi connectivity index (χ3v) is 5.89. The Morgan fingerprint density at radius 3 is 2.60 bits per heavy atom. The van der Waals surface area contributed by atoms with Crippen LogP contribution in [0.2, 0.25) is 5.02 Å². The van der Waals surface area contributed by atoms with Crippen LogP contribution in [-0.2, 0) is 9.59 Å². The second-order valence-corrected chi connectivity index (χ2v) is 7.86. The highest BCUT2D eigenvalue weighted by molar-refractivity contribution is 6.32. The summed E-state index contributed by atoms with van der Waals surface area (Å²) in [5.74, 6) is 0.459. The SMILES string of the molecule is CCC(C)c1ccccc1N1CC(C(=O)Nc2cc(Cl)c(OC)cc2OC)CC1=O. The van der Waals surface area contributed by atoms with Gasteiger partial charge in [-0.2, -0.15) is 0 Å². The summed E-state index contributed by atoms with van der Waals surface area (Å²) >= 11 is 6.19. The number of rotatable bonds is 7. The number of methoxy groups -OCH3 is 2. The second-order valence-electron chi connectivity index (χ2n) is 7.45. The minimum atomic E-state index is -0.465. The maximum atomic E-state index is 12.9. The Hall–Kier alpha value is -2.73. The van der Waals surface area contributed by atoms with Crippen molar-refractivity contribution in [1.82, 2.24) is 0 Å². The van der Waals surface area contributed by atoms with Crippen molar-refractivity contribution in [3.8, 4) is 11.5 Å². The number of anilines is 2. The lowest BCUT2D eigenvalue weighted by Crippen LogP contribution is -2.29. The van der Waals surface area contributed by atoms with Crippen LogP contribution >= 0.6 is 11.6 Å². The Balaban J connectivity index is 1.79. The van der Waals surface area contributed by atoms with Crippen molar-refractivity contribution in [2.24, 2.45) is 5.92 Å². The van der Waals surface area contributed by atoms with E-state index < -0.39 is 5.92 Å². The first-order valence-corrected chi connectivity index (χ1v) is 10.4. The van der Waals surface area contributed by atoms with Crippen molar-refractivity contribution in [2.75, 3.05) is 31.0 Å². The first-order valence-electron chi connectivity index (χ1n) is 10.0. The van der Waals surface area contributed by atoms with Gasteiger partial charge in [0.1, 0.15) is 11.5 Å². The van der Waals surface area contributed by atoms with Gasteiger partial charge >= 0.3 is 0 Å². The highest BCUT2D eigenvalue weighted by Crippen LogP contribution is 2.37. The monoisotopic (exact) mass is 430 g/mol. The van der Waals surface area contributed by atoms with Crippen LogP contribution in [0.15, 0.2) is 36.4 Å². The Labute approximate surface area is 182 Å². The largest absolute Gasteiger partial charge is 0.495 e. The summed E-state index contributed by atoms with van der Waals surface area (Å²) in [6.07, 6.45) is 1.13. The molecule has 1 saturated heterocycles. The van der Waals surface area contributed by atoms with E-state index in [1.807, 2.05) is 24.3 Å².